The Labute approximate surface area is 119 Å². The summed E-state index contributed by atoms with van der Waals surface area (Å²) >= 11 is 0. The average molecular weight is 279 g/mol. The van der Waals surface area contributed by atoms with Crippen LogP contribution in [0.4, 0.5) is 4.79 Å². The lowest BCUT2D eigenvalue weighted by atomic mass is 10.2. The first-order valence-corrected chi connectivity index (χ1v) is 6.72. The summed E-state index contributed by atoms with van der Waals surface area (Å²) in [5, 5.41) is 9.37. The van der Waals surface area contributed by atoms with Crippen molar-refractivity contribution < 1.29 is 19.4 Å². The second kappa shape index (κ2) is 5.71. The molecule has 0 unspecified atom stereocenters. The Morgan fingerprint density at radius 3 is 2.80 bits per heavy atom. The summed E-state index contributed by atoms with van der Waals surface area (Å²) in [6.45, 7) is 6.07. The molecular weight excluding hydrogens is 258 g/mol. The fourth-order valence-electron chi connectivity index (χ4n) is 2.04. The Hall–Kier alpha value is -1.75. The van der Waals surface area contributed by atoms with E-state index in [0.29, 0.717) is 18.8 Å². The SMILES string of the molecule is CC(C)(C)OC(=O)N1Cc2ccccc2O[C@H](CO)C1. The van der Waals surface area contributed by atoms with Gasteiger partial charge in [0.1, 0.15) is 17.5 Å². The van der Waals surface area contributed by atoms with Crippen molar-refractivity contribution in [3.63, 3.8) is 0 Å². The fourth-order valence-corrected chi connectivity index (χ4v) is 2.04. The van der Waals surface area contributed by atoms with Gasteiger partial charge in [-0.3, -0.25) is 4.90 Å². The number of amides is 1. The summed E-state index contributed by atoms with van der Waals surface area (Å²) in [7, 11) is 0. The van der Waals surface area contributed by atoms with Gasteiger partial charge in [-0.15, -0.1) is 0 Å². The van der Waals surface area contributed by atoms with Gasteiger partial charge in [0.25, 0.3) is 0 Å². The first kappa shape index (κ1) is 14.7. The van der Waals surface area contributed by atoms with E-state index in [9.17, 15) is 9.90 Å². The zero-order valence-electron chi connectivity index (χ0n) is 12.1. The zero-order valence-corrected chi connectivity index (χ0v) is 12.1. The number of carbonyl (C=O) groups excluding carboxylic acids is 1. The van der Waals surface area contributed by atoms with Crippen molar-refractivity contribution in [1.82, 2.24) is 4.90 Å². The lowest BCUT2D eigenvalue weighted by Gasteiger charge is -2.27. The molecule has 0 aromatic heterocycles. The van der Waals surface area contributed by atoms with Crippen LogP contribution < -0.4 is 4.74 Å². The monoisotopic (exact) mass is 279 g/mol. The van der Waals surface area contributed by atoms with E-state index in [1.807, 2.05) is 45.0 Å². The van der Waals surface area contributed by atoms with Crippen molar-refractivity contribution in [1.29, 1.82) is 0 Å². The number of para-hydroxylation sites is 1. The quantitative estimate of drug-likeness (QED) is 0.856. The van der Waals surface area contributed by atoms with Crippen LogP contribution in [-0.4, -0.2) is 41.0 Å². The topological polar surface area (TPSA) is 59.0 Å². The van der Waals surface area contributed by atoms with Crippen molar-refractivity contribution in [2.75, 3.05) is 13.2 Å². The second-order valence-corrected chi connectivity index (χ2v) is 5.89. The summed E-state index contributed by atoms with van der Waals surface area (Å²) in [4.78, 5) is 13.8. The van der Waals surface area contributed by atoms with Crippen molar-refractivity contribution in [3.05, 3.63) is 29.8 Å². The predicted octanol–water partition coefficient (Wildman–Crippen LogP) is 2.18. The van der Waals surface area contributed by atoms with Crippen LogP contribution in [0.3, 0.4) is 0 Å². The normalized spacial score (nSPS) is 18.8. The molecule has 5 nitrogen and oxygen atoms in total. The predicted molar refractivity (Wildman–Crippen MR) is 74.6 cm³/mol. The molecule has 110 valence electrons. The third kappa shape index (κ3) is 3.63. The lowest BCUT2D eigenvalue weighted by Crippen LogP contribution is -2.41. The van der Waals surface area contributed by atoms with Gasteiger partial charge >= 0.3 is 6.09 Å². The van der Waals surface area contributed by atoms with Gasteiger partial charge in [-0.1, -0.05) is 18.2 Å². The minimum absolute atomic E-state index is 0.145. The number of aliphatic hydroxyl groups is 1. The molecule has 0 saturated heterocycles. The first-order chi connectivity index (χ1) is 9.39. The number of aliphatic hydroxyl groups excluding tert-OH is 1. The van der Waals surface area contributed by atoms with Crippen LogP contribution in [0, 0.1) is 0 Å². The molecule has 2 rings (SSSR count). The summed E-state index contributed by atoms with van der Waals surface area (Å²) < 4.78 is 11.1. The number of hydrogen-bond acceptors (Lipinski definition) is 4. The molecule has 1 amide bonds. The van der Waals surface area contributed by atoms with E-state index < -0.39 is 17.8 Å². The van der Waals surface area contributed by atoms with Gasteiger partial charge in [0.05, 0.1) is 19.7 Å². The maximum Gasteiger partial charge on any atom is 0.410 e. The van der Waals surface area contributed by atoms with Gasteiger partial charge in [0.15, 0.2) is 0 Å². The van der Waals surface area contributed by atoms with Crippen LogP contribution in [0.25, 0.3) is 0 Å². The zero-order chi connectivity index (χ0) is 14.8. The molecule has 0 aliphatic carbocycles. The standard InChI is InChI=1S/C15H21NO4/c1-15(2,3)20-14(18)16-8-11-6-4-5-7-13(11)19-12(9-16)10-17/h4-7,12,17H,8-10H2,1-3H3/t12-/m0/s1. The van der Waals surface area contributed by atoms with Gasteiger partial charge in [0.2, 0.25) is 0 Å². The van der Waals surface area contributed by atoms with E-state index in [1.165, 1.54) is 0 Å². The maximum absolute atomic E-state index is 12.2. The Morgan fingerprint density at radius 1 is 1.45 bits per heavy atom. The summed E-state index contributed by atoms with van der Waals surface area (Å²) in [5.74, 6) is 0.706. The van der Waals surface area contributed by atoms with E-state index in [2.05, 4.69) is 0 Å². The van der Waals surface area contributed by atoms with Gasteiger partial charge in [-0.25, -0.2) is 4.79 Å². The molecule has 1 atom stereocenters. The van der Waals surface area contributed by atoms with Gasteiger partial charge in [0, 0.05) is 5.56 Å². The van der Waals surface area contributed by atoms with Crippen molar-refractivity contribution >= 4 is 6.09 Å². The third-order valence-corrected chi connectivity index (χ3v) is 2.91. The van der Waals surface area contributed by atoms with Crippen LogP contribution in [0.2, 0.25) is 0 Å². The molecule has 5 heteroatoms. The van der Waals surface area contributed by atoms with Gasteiger partial charge < -0.3 is 14.6 Å². The number of benzene rings is 1. The average Bonchev–Trinajstić information content (AvgIpc) is 2.55. The van der Waals surface area contributed by atoms with Crippen LogP contribution in [0.5, 0.6) is 5.75 Å². The summed E-state index contributed by atoms with van der Waals surface area (Å²) in [6.07, 6.45) is -0.831. The molecule has 1 heterocycles. The molecule has 0 radical (unpaired) electrons. The van der Waals surface area contributed by atoms with Crippen LogP contribution in [0.1, 0.15) is 26.3 Å². The summed E-state index contributed by atoms with van der Waals surface area (Å²) in [6, 6.07) is 7.52. The highest BCUT2D eigenvalue weighted by atomic mass is 16.6. The Bertz CT molecular complexity index is 481. The van der Waals surface area contributed by atoms with E-state index >= 15 is 0 Å². The highest BCUT2D eigenvalue weighted by molar-refractivity contribution is 5.68. The minimum Gasteiger partial charge on any atom is -0.486 e. The van der Waals surface area contributed by atoms with Crippen LogP contribution >= 0.6 is 0 Å². The van der Waals surface area contributed by atoms with Crippen molar-refractivity contribution in [2.45, 2.75) is 39.0 Å². The van der Waals surface area contributed by atoms with Gasteiger partial charge in [-0.2, -0.15) is 0 Å². The molecule has 1 N–H and O–H groups in total. The second-order valence-electron chi connectivity index (χ2n) is 5.89. The number of hydrogen-bond donors (Lipinski definition) is 1. The highest BCUT2D eigenvalue weighted by Crippen LogP contribution is 2.25. The molecule has 1 aliphatic heterocycles. The molecule has 0 spiro atoms. The lowest BCUT2D eigenvalue weighted by molar-refractivity contribution is 0.0136. The molecule has 1 aromatic rings. The van der Waals surface area contributed by atoms with Crippen LogP contribution in [0.15, 0.2) is 24.3 Å². The Kier molecular flexibility index (Phi) is 4.18. The largest absolute Gasteiger partial charge is 0.486 e. The smallest absolute Gasteiger partial charge is 0.410 e. The van der Waals surface area contributed by atoms with E-state index in [4.69, 9.17) is 9.47 Å². The first-order valence-electron chi connectivity index (χ1n) is 6.72. The van der Waals surface area contributed by atoms with E-state index in [-0.39, 0.29) is 6.61 Å². The molecule has 0 bridgehead atoms. The van der Waals surface area contributed by atoms with E-state index in [0.717, 1.165) is 5.56 Å². The molecule has 1 aromatic carbocycles. The molecule has 1 aliphatic rings. The molecule has 20 heavy (non-hydrogen) atoms. The van der Waals surface area contributed by atoms with Crippen molar-refractivity contribution in [2.24, 2.45) is 0 Å². The van der Waals surface area contributed by atoms with Crippen molar-refractivity contribution in [3.8, 4) is 5.75 Å². The third-order valence-electron chi connectivity index (χ3n) is 2.91. The van der Waals surface area contributed by atoms with E-state index in [1.54, 1.807) is 4.90 Å². The summed E-state index contributed by atoms with van der Waals surface area (Å²) in [5.41, 5.74) is 0.368. The number of fused-ring (bicyclic) bond motifs is 1. The highest BCUT2D eigenvalue weighted by Gasteiger charge is 2.28. The number of carbonyl (C=O) groups is 1. The van der Waals surface area contributed by atoms with Crippen LogP contribution in [-0.2, 0) is 11.3 Å². The molecule has 0 saturated carbocycles. The molecule has 0 fully saturated rings. The fraction of sp³-hybridized carbons (Fsp3) is 0.533. The number of rotatable bonds is 1. The Balaban J connectivity index is 2.20. The maximum atomic E-state index is 12.2. The Morgan fingerprint density at radius 2 is 2.15 bits per heavy atom. The van der Waals surface area contributed by atoms with Gasteiger partial charge in [-0.05, 0) is 26.8 Å². The minimum atomic E-state index is -0.543. The number of ether oxygens (including phenoxy) is 2. The number of nitrogens with zero attached hydrogens (tertiary/aromatic N) is 1. The molecular formula is C15H21NO4.